The van der Waals surface area contributed by atoms with Crippen LogP contribution >= 0.6 is 0 Å². The molecule has 2 aromatic carbocycles. The highest BCUT2D eigenvalue weighted by atomic mass is 16.4. The zero-order valence-corrected chi connectivity index (χ0v) is 16.5. The van der Waals surface area contributed by atoms with Crippen LogP contribution in [0.25, 0.3) is 11.1 Å². The van der Waals surface area contributed by atoms with Crippen molar-refractivity contribution in [3.63, 3.8) is 0 Å². The van der Waals surface area contributed by atoms with E-state index < -0.39 is 5.97 Å². The molecule has 0 saturated heterocycles. The summed E-state index contributed by atoms with van der Waals surface area (Å²) in [7, 11) is 2.16. The molecule has 1 aliphatic rings. The second-order valence-corrected chi connectivity index (χ2v) is 8.01. The van der Waals surface area contributed by atoms with Crippen molar-refractivity contribution in [2.45, 2.75) is 52.0 Å². The normalized spacial score (nSPS) is 15.2. The number of hydrogen-bond acceptors (Lipinski definition) is 3. The Morgan fingerprint density at radius 2 is 1.81 bits per heavy atom. The third kappa shape index (κ3) is 5.20. The molecule has 1 saturated carbocycles. The molecule has 0 radical (unpaired) electrons. The summed E-state index contributed by atoms with van der Waals surface area (Å²) in [5, 5.41) is 11.6. The maximum absolute atomic E-state index is 11.6. The Morgan fingerprint density at radius 1 is 1.07 bits per heavy atom. The van der Waals surface area contributed by atoms with Crippen molar-refractivity contribution in [2.24, 2.45) is 5.92 Å². The largest absolute Gasteiger partial charge is 0.545 e. The summed E-state index contributed by atoms with van der Waals surface area (Å²) in [6, 6.07) is 13.5. The van der Waals surface area contributed by atoms with E-state index in [0.29, 0.717) is 0 Å². The van der Waals surface area contributed by atoms with E-state index >= 15 is 0 Å². The number of hydrogen-bond donors (Lipinski definition) is 0. The summed E-state index contributed by atoms with van der Waals surface area (Å²) in [6.45, 7) is 3.93. The fraction of sp³-hybridized carbons (Fsp3) is 0.458. The van der Waals surface area contributed by atoms with Crippen LogP contribution < -0.4 is 5.11 Å². The molecule has 0 spiro atoms. The summed E-state index contributed by atoms with van der Waals surface area (Å²) >= 11 is 0. The topological polar surface area (TPSA) is 43.4 Å². The van der Waals surface area contributed by atoms with Gasteiger partial charge in [-0.25, -0.2) is 0 Å². The van der Waals surface area contributed by atoms with Gasteiger partial charge in [0.25, 0.3) is 0 Å². The van der Waals surface area contributed by atoms with Gasteiger partial charge in [0, 0.05) is 12.1 Å². The molecule has 0 aromatic heterocycles. The number of carbonyl (C=O) groups excluding carboxylic acids is 1. The van der Waals surface area contributed by atoms with Gasteiger partial charge in [-0.05, 0) is 61.2 Å². The minimum Gasteiger partial charge on any atom is -0.545 e. The van der Waals surface area contributed by atoms with Crippen LogP contribution in [0, 0.1) is 12.8 Å². The Bertz CT molecular complexity index is 778. The second-order valence-electron chi connectivity index (χ2n) is 8.01. The first-order valence-corrected chi connectivity index (χ1v) is 10.1. The predicted octanol–water partition coefficient (Wildman–Crippen LogP) is 4.43. The average molecular weight is 365 g/mol. The first-order chi connectivity index (χ1) is 13.0. The van der Waals surface area contributed by atoms with Gasteiger partial charge in [-0.3, -0.25) is 0 Å². The fourth-order valence-corrected chi connectivity index (χ4v) is 4.24. The smallest absolute Gasteiger partial charge is 0.0721 e. The van der Waals surface area contributed by atoms with Crippen molar-refractivity contribution in [1.82, 2.24) is 4.90 Å². The quantitative estimate of drug-likeness (QED) is 0.730. The van der Waals surface area contributed by atoms with E-state index in [0.717, 1.165) is 41.3 Å². The lowest BCUT2D eigenvalue weighted by atomic mass is 9.87. The highest BCUT2D eigenvalue weighted by molar-refractivity contribution is 5.95. The number of rotatable bonds is 7. The van der Waals surface area contributed by atoms with Gasteiger partial charge in [0.1, 0.15) is 0 Å². The molecule has 0 N–H and O–H groups in total. The van der Waals surface area contributed by atoms with Gasteiger partial charge in [0.2, 0.25) is 0 Å². The van der Waals surface area contributed by atoms with Gasteiger partial charge in [0.05, 0.1) is 5.97 Å². The monoisotopic (exact) mass is 364 g/mol. The van der Waals surface area contributed by atoms with E-state index in [1.807, 2.05) is 43.3 Å². The van der Waals surface area contributed by atoms with Gasteiger partial charge in [-0.15, -0.1) is 0 Å². The minimum absolute atomic E-state index is 0.262. The minimum atomic E-state index is -1.12. The average Bonchev–Trinajstić information content (AvgIpc) is 2.67. The fourth-order valence-electron chi connectivity index (χ4n) is 4.24. The zero-order valence-electron chi connectivity index (χ0n) is 16.5. The summed E-state index contributed by atoms with van der Waals surface area (Å²) in [6.07, 6.45) is 8.20. The zero-order chi connectivity index (χ0) is 19.2. The van der Waals surface area contributed by atoms with Crippen LogP contribution in [-0.4, -0.2) is 24.5 Å². The molecule has 0 heterocycles. The summed E-state index contributed by atoms with van der Waals surface area (Å²) in [4.78, 5) is 13.9. The van der Waals surface area contributed by atoms with Gasteiger partial charge in [-0.2, -0.15) is 0 Å². The molecule has 0 unspecified atom stereocenters. The molecule has 0 bridgehead atoms. The maximum Gasteiger partial charge on any atom is 0.0721 e. The van der Waals surface area contributed by atoms with Crippen LogP contribution in [-0.2, 0) is 6.54 Å². The number of benzene rings is 2. The predicted molar refractivity (Wildman–Crippen MR) is 108 cm³/mol. The number of aryl methyl sites for hydroxylation is 1. The highest BCUT2D eigenvalue weighted by Crippen LogP contribution is 2.29. The number of nitrogens with zero attached hydrogens (tertiary/aromatic N) is 1. The molecule has 1 aliphatic carbocycles. The van der Waals surface area contributed by atoms with Crippen LogP contribution in [0.1, 0.15) is 60.0 Å². The first kappa shape index (κ1) is 19.6. The SMILES string of the molecule is Cc1ccccc1-c1cc(CN(C)CCC2CCCCC2)ccc1C(=O)[O-]. The molecule has 3 heteroatoms. The third-order valence-electron chi connectivity index (χ3n) is 5.84. The van der Waals surface area contributed by atoms with Crippen LogP contribution in [0.15, 0.2) is 42.5 Å². The Labute approximate surface area is 163 Å². The highest BCUT2D eigenvalue weighted by Gasteiger charge is 2.15. The number of carboxylic acids is 1. The molecule has 3 rings (SSSR count). The molecule has 0 amide bonds. The molecular weight excluding hydrogens is 334 g/mol. The lowest BCUT2D eigenvalue weighted by molar-refractivity contribution is -0.254. The maximum atomic E-state index is 11.6. The Hall–Kier alpha value is -2.13. The first-order valence-electron chi connectivity index (χ1n) is 10.1. The Morgan fingerprint density at radius 3 is 2.52 bits per heavy atom. The van der Waals surface area contributed by atoms with Crippen molar-refractivity contribution >= 4 is 5.97 Å². The summed E-state index contributed by atoms with van der Waals surface area (Å²) in [5.74, 6) is -0.241. The van der Waals surface area contributed by atoms with Gasteiger partial charge >= 0.3 is 0 Å². The van der Waals surface area contributed by atoms with E-state index in [-0.39, 0.29) is 5.56 Å². The van der Waals surface area contributed by atoms with Crippen molar-refractivity contribution in [3.05, 3.63) is 59.2 Å². The lowest BCUT2D eigenvalue weighted by Gasteiger charge is -2.25. The number of carboxylic acid groups (broad SMARTS) is 1. The molecule has 0 atom stereocenters. The van der Waals surface area contributed by atoms with Crippen LogP contribution in [0.5, 0.6) is 0 Å². The van der Waals surface area contributed by atoms with Crippen molar-refractivity contribution in [2.75, 3.05) is 13.6 Å². The summed E-state index contributed by atoms with van der Waals surface area (Å²) < 4.78 is 0. The van der Waals surface area contributed by atoms with E-state index in [2.05, 4.69) is 11.9 Å². The van der Waals surface area contributed by atoms with Crippen LogP contribution in [0.3, 0.4) is 0 Å². The molecule has 27 heavy (non-hydrogen) atoms. The van der Waals surface area contributed by atoms with Crippen molar-refractivity contribution in [3.8, 4) is 11.1 Å². The lowest BCUT2D eigenvalue weighted by Crippen LogP contribution is -2.24. The Balaban J connectivity index is 1.73. The van der Waals surface area contributed by atoms with E-state index in [1.165, 1.54) is 38.5 Å². The van der Waals surface area contributed by atoms with Gasteiger partial charge in [0.15, 0.2) is 0 Å². The van der Waals surface area contributed by atoms with E-state index in [1.54, 1.807) is 6.07 Å². The second kappa shape index (κ2) is 9.18. The van der Waals surface area contributed by atoms with Gasteiger partial charge < -0.3 is 14.8 Å². The van der Waals surface area contributed by atoms with Crippen LogP contribution in [0.2, 0.25) is 0 Å². The number of aromatic carboxylic acids is 1. The van der Waals surface area contributed by atoms with Crippen molar-refractivity contribution < 1.29 is 9.90 Å². The molecular formula is C24H30NO2-. The van der Waals surface area contributed by atoms with Crippen molar-refractivity contribution in [1.29, 1.82) is 0 Å². The number of carbonyl (C=O) groups is 1. The third-order valence-corrected chi connectivity index (χ3v) is 5.84. The summed E-state index contributed by atoms with van der Waals surface area (Å²) in [5.41, 5.74) is 4.19. The van der Waals surface area contributed by atoms with E-state index in [4.69, 9.17) is 0 Å². The Kier molecular flexibility index (Phi) is 6.68. The molecule has 1 fully saturated rings. The van der Waals surface area contributed by atoms with E-state index in [9.17, 15) is 9.90 Å². The van der Waals surface area contributed by atoms with Gasteiger partial charge in [-0.1, -0.05) is 68.5 Å². The molecule has 0 aliphatic heterocycles. The molecule has 2 aromatic rings. The molecule has 144 valence electrons. The standard InChI is InChI=1S/C24H31NO2/c1-18-8-6-7-11-21(18)23-16-20(12-13-22(23)24(26)27)17-25(2)15-14-19-9-4-3-5-10-19/h6-8,11-13,16,19H,3-5,9-10,14-15,17H2,1-2H3,(H,26,27)/p-1. The molecule has 3 nitrogen and oxygen atoms in total. The van der Waals surface area contributed by atoms with Crippen LogP contribution in [0.4, 0.5) is 0 Å².